The molecule has 6 heteroatoms. The van der Waals surface area contributed by atoms with Crippen molar-refractivity contribution < 1.29 is 4.79 Å². The molecule has 0 bridgehead atoms. The first-order chi connectivity index (χ1) is 13.6. The molecule has 0 saturated carbocycles. The molecule has 0 aliphatic carbocycles. The van der Waals surface area contributed by atoms with Gasteiger partial charge in [0.1, 0.15) is 5.00 Å². The number of amides is 1. The normalized spacial score (nSPS) is 15.7. The van der Waals surface area contributed by atoms with Crippen molar-refractivity contribution in [1.82, 2.24) is 4.90 Å². The molecule has 4 rings (SSSR count). The second kappa shape index (κ2) is 8.37. The summed E-state index contributed by atoms with van der Waals surface area (Å²) in [6.45, 7) is 6.37. The standard InChI is InChI=1S/C22H23ClN2OS2/c1-14-15(2)28-22(24-21(26)18-10-7-13-27-18)19(14)20(25-11-5-6-12-25)16-8-3-4-9-17(16)23/h3-4,7-10,13,20H,5-6,11-12H2,1-2H3,(H,24,26)/t20-/m0/s1. The number of benzene rings is 1. The molecule has 1 saturated heterocycles. The molecule has 0 unspecified atom stereocenters. The predicted octanol–water partition coefficient (Wildman–Crippen LogP) is 6.52. The van der Waals surface area contributed by atoms with E-state index in [-0.39, 0.29) is 11.9 Å². The van der Waals surface area contributed by atoms with Crippen molar-refractivity contribution in [3.05, 3.63) is 73.2 Å². The molecule has 1 atom stereocenters. The minimum atomic E-state index is -0.0446. The van der Waals surface area contributed by atoms with E-state index in [4.69, 9.17) is 11.6 Å². The van der Waals surface area contributed by atoms with Crippen LogP contribution in [0.1, 0.15) is 50.1 Å². The van der Waals surface area contributed by atoms with Crippen molar-refractivity contribution in [2.24, 2.45) is 0 Å². The van der Waals surface area contributed by atoms with E-state index in [2.05, 4.69) is 30.1 Å². The molecule has 1 aliphatic heterocycles. The Kier molecular flexibility index (Phi) is 5.88. The second-order valence-electron chi connectivity index (χ2n) is 7.12. The lowest BCUT2D eigenvalue weighted by atomic mass is 9.95. The molecule has 3 nitrogen and oxygen atoms in total. The molecule has 1 amide bonds. The van der Waals surface area contributed by atoms with Crippen LogP contribution in [0.15, 0.2) is 41.8 Å². The van der Waals surface area contributed by atoms with E-state index in [0.29, 0.717) is 0 Å². The minimum Gasteiger partial charge on any atom is -0.313 e. The zero-order valence-corrected chi connectivity index (χ0v) is 18.4. The number of likely N-dealkylation sites (tertiary alicyclic amines) is 1. The summed E-state index contributed by atoms with van der Waals surface area (Å²) in [6.07, 6.45) is 2.39. The molecule has 2 aromatic heterocycles. The Labute approximate surface area is 179 Å². The van der Waals surface area contributed by atoms with Crippen LogP contribution in [0.2, 0.25) is 5.02 Å². The van der Waals surface area contributed by atoms with Crippen LogP contribution in [0.3, 0.4) is 0 Å². The average molecular weight is 431 g/mol. The number of nitrogens with zero attached hydrogens (tertiary/aromatic N) is 1. The highest BCUT2D eigenvalue weighted by molar-refractivity contribution is 7.17. The van der Waals surface area contributed by atoms with Gasteiger partial charge in [0.2, 0.25) is 0 Å². The Bertz CT molecular complexity index is 975. The maximum absolute atomic E-state index is 12.8. The van der Waals surface area contributed by atoms with Crippen molar-refractivity contribution in [1.29, 1.82) is 0 Å². The Hall–Kier alpha value is -1.66. The summed E-state index contributed by atoms with van der Waals surface area (Å²) in [5.74, 6) is -0.0446. The van der Waals surface area contributed by atoms with Crippen molar-refractivity contribution >= 4 is 45.2 Å². The van der Waals surface area contributed by atoms with Gasteiger partial charge in [-0.2, -0.15) is 0 Å². The zero-order valence-electron chi connectivity index (χ0n) is 16.0. The summed E-state index contributed by atoms with van der Waals surface area (Å²) in [6, 6.07) is 11.9. The van der Waals surface area contributed by atoms with Crippen LogP contribution < -0.4 is 5.32 Å². The van der Waals surface area contributed by atoms with Gasteiger partial charge in [-0.25, -0.2) is 0 Å². The number of nitrogens with one attached hydrogen (secondary N) is 1. The van der Waals surface area contributed by atoms with E-state index in [1.54, 1.807) is 11.3 Å². The van der Waals surface area contributed by atoms with Gasteiger partial charge < -0.3 is 5.32 Å². The lowest BCUT2D eigenvalue weighted by Gasteiger charge is -2.30. The highest BCUT2D eigenvalue weighted by atomic mass is 35.5. The molecule has 0 radical (unpaired) electrons. The van der Waals surface area contributed by atoms with Crippen LogP contribution in [0.25, 0.3) is 0 Å². The molecule has 3 heterocycles. The lowest BCUT2D eigenvalue weighted by molar-refractivity contribution is 0.103. The Morgan fingerprint density at radius 1 is 1.14 bits per heavy atom. The van der Waals surface area contributed by atoms with Gasteiger partial charge in [-0.3, -0.25) is 9.69 Å². The third kappa shape index (κ3) is 3.77. The third-order valence-corrected chi connectivity index (χ3v) is 7.73. The number of hydrogen-bond acceptors (Lipinski definition) is 4. The molecular formula is C22H23ClN2OS2. The van der Waals surface area contributed by atoms with Crippen LogP contribution in [-0.2, 0) is 0 Å². The number of carbonyl (C=O) groups excluding carboxylic acids is 1. The molecule has 146 valence electrons. The van der Waals surface area contributed by atoms with Crippen LogP contribution in [0.4, 0.5) is 5.00 Å². The molecule has 1 aromatic carbocycles. The minimum absolute atomic E-state index is 0.0446. The molecular weight excluding hydrogens is 408 g/mol. The summed E-state index contributed by atoms with van der Waals surface area (Å²) in [7, 11) is 0. The molecule has 1 fully saturated rings. The number of rotatable bonds is 5. The number of halogens is 1. The molecule has 28 heavy (non-hydrogen) atoms. The number of anilines is 1. The van der Waals surface area contributed by atoms with Gasteiger partial charge >= 0.3 is 0 Å². The predicted molar refractivity (Wildman–Crippen MR) is 120 cm³/mol. The molecule has 0 spiro atoms. The Balaban J connectivity index is 1.80. The van der Waals surface area contributed by atoms with Crippen molar-refractivity contribution in [3.63, 3.8) is 0 Å². The number of thiophene rings is 2. The highest BCUT2D eigenvalue weighted by Gasteiger charge is 2.32. The van der Waals surface area contributed by atoms with E-state index in [1.807, 2.05) is 35.7 Å². The second-order valence-corrected chi connectivity index (χ2v) is 9.70. The summed E-state index contributed by atoms with van der Waals surface area (Å²) in [5.41, 5.74) is 3.53. The molecule has 1 N–H and O–H groups in total. The van der Waals surface area contributed by atoms with Crippen molar-refractivity contribution in [3.8, 4) is 0 Å². The SMILES string of the molecule is Cc1sc(NC(=O)c2cccs2)c([C@H](c2ccccc2Cl)N2CCCC2)c1C. The van der Waals surface area contributed by atoms with E-state index in [9.17, 15) is 4.79 Å². The quantitative estimate of drug-likeness (QED) is 0.499. The van der Waals surface area contributed by atoms with Crippen LogP contribution >= 0.6 is 34.3 Å². The van der Waals surface area contributed by atoms with Gasteiger partial charge in [-0.1, -0.05) is 35.9 Å². The summed E-state index contributed by atoms with van der Waals surface area (Å²) in [4.78, 5) is 17.2. The van der Waals surface area contributed by atoms with E-state index >= 15 is 0 Å². The topological polar surface area (TPSA) is 32.3 Å². The average Bonchev–Trinajstić information content (AvgIpc) is 3.43. The monoisotopic (exact) mass is 430 g/mol. The largest absolute Gasteiger partial charge is 0.313 e. The third-order valence-electron chi connectivity index (χ3n) is 5.38. The van der Waals surface area contributed by atoms with Crippen LogP contribution in [-0.4, -0.2) is 23.9 Å². The number of carbonyl (C=O) groups is 1. The number of aryl methyl sites for hydroxylation is 1. The van der Waals surface area contributed by atoms with Crippen molar-refractivity contribution in [2.75, 3.05) is 18.4 Å². The highest BCUT2D eigenvalue weighted by Crippen LogP contribution is 2.44. The molecule has 1 aliphatic rings. The maximum atomic E-state index is 12.8. The maximum Gasteiger partial charge on any atom is 0.266 e. The lowest BCUT2D eigenvalue weighted by Crippen LogP contribution is -2.28. The van der Waals surface area contributed by atoms with E-state index < -0.39 is 0 Å². The first kappa shape index (κ1) is 19.6. The van der Waals surface area contributed by atoms with Gasteiger partial charge in [0.05, 0.1) is 10.9 Å². The molecule has 3 aromatic rings. The zero-order chi connectivity index (χ0) is 19.7. The van der Waals surface area contributed by atoms with Gasteiger partial charge in [-0.05, 0) is 68.4 Å². The van der Waals surface area contributed by atoms with E-state index in [1.165, 1.54) is 40.2 Å². The fourth-order valence-corrected chi connectivity index (χ4v) is 5.82. The fourth-order valence-electron chi connectivity index (χ4n) is 3.87. The van der Waals surface area contributed by atoms with Gasteiger partial charge in [0.25, 0.3) is 5.91 Å². The van der Waals surface area contributed by atoms with Crippen molar-refractivity contribution in [2.45, 2.75) is 32.7 Å². The van der Waals surface area contributed by atoms with Crippen LogP contribution in [0.5, 0.6) is 0 Å². The first-order valence-electron chi connectivity index (χ1n) is 9.49. The Morgan fingerprint density at radius 3 is 2.57 bits per heavy atom. The summed E-state index contributed by atoms with van der Waals surface area (Å²) < 4.78 is 0. The van der Waals surface area contributed by atoms with Gasteiger partial charge in [-0.15, -0.1) is 22.7 Å². The number of hydrogen-bond donors (Lipinski definition) is 1. The fraction of sp³-hybridized carbons (Fsp3) is 0.318. The summed E-state index contributed by atoms with van der Waals surface area (Å²) >= 11 is 9.75. The van der Waals surface area contributed by atoms with Crippen LogP contribution in [0, 0.1) is 13.8 Å². The Morgan fingerprint density at radius 2 is 1.89 bits per heavy atom. The summed E-state index contributed by atoms with van der Waals surface area (Å²) in [5, 5.41) is 6.83. The van der Waals surface area contributed by atoms with Gasteiger partial charge in [0.15, 0.2) is 0 Å². The van der Waals surface area contributed by atoms with Gasteiger partial charge in [0, 0.05) is 15.5 Å². The van der Waals surface area contributed by atoms with E-state index in [0.717, 1.165) is 33.6 Å². The smallest absolute Gasteiger partial charge is 0.266 e. The first-order valence-corrected chi connectivity index (χ1v) is 11.6.